The zero-order chi connectivity index (χ0) is 23.4. The lowest BCUT2D eigenvalue weighted by Gasteiger charge is -2.31. The van der Waals surface area contributed by atoms with E-state index in [-0.39, 0.29) is 17.8 Å². The van der Waals surface area contributed by atoms with E-state index in [1.807, 2.05) is 0 Å². The second kappa shape index (κ2) is 19.2. The van der Waals surface area contributed by atoms with Gasteiger partial charge in [-0.3, -0.25) is 9.59 Å². The molecule has 0 aromatic carbocycles. The maximum Gasteiger partial charge on any atom is 0.309 e. The number of nitrogens with zero attached hydrogens (tertiary/aromatic N) is 1. The summed E-state index contributed by atoms with van der Waals surface area (Å²) in [6, 6.07) is 0. The van der Waals surface area contributed by atoms with Gasteiger partial charge in [-0.1, -0.05) is 110 Å². The Morgan fingerprint density at radius 1 is 0.750 bits per heavy atom. The van der Waals surface area contributed by atoms with Crippen molar-refractivity contribution in [3.05, 3.63) is 12.2 Å². The fourth-order valence-corrected chi connectivity index (χ4v) is 4.53. The Morgan fingerprint density at radius 3 is 1.56 bits per heavy atom. The van der Waals surface area contributed by atoms with Gasteiger partial charge in [-0.05, 0) is 26.2 Å². The van der Waals surface area contributed by atoms with Gasteiger partial charge >= 0.3 is 5.97 Å². The van der Waals surface area contributed by atoms with Gasteiger partial charge in [-0.25, -0.2) is 0 Å². The molecule has 0 aromatic heterocycles. The van der Waals surface area contributed by atoms with E-state index in [1.54, 1.807) is 11.8 Å². The monoisotopic (exact) mass is 449 g/mol. The summed E-state index contributed by atoms with van der Waals surface area (Å²) in [6.07, 6.45) is 22.9. The molecule has 0 aliphatic carbocycles. The second-order valence-corrected chi connectivity index (χ2v) is 9.82. The molecule has 0 aromatic rings. The molecular weight excluding hydrogens is 398 g/mol. The third-order valence-electron chi connectivity index (χ3n) is 6.72. The smallest absolute Gasteiger partial charge is 0.309 e. The van der Waals surface area contributed by atoms with Crippen LogP contribution in [0.5, 0.6) is 0 Å². The van der Waals surface area contributed by atoms with Crippen LogP contribution in [-0.4, -0.2) is 36.5 Å². The Bertz CT molecular complexity index is 509. The molecule has 0 radical (unpaired) electrons. The van der Waals surface area contributed by atoms with E-state index in [0.717, 1.165) is 12.8 Å². The van der Waals surface area contributed by atoms with Crippen LogP contribution in [0.25, 0.3) is 0 Å². The molecule has 1 heterocycles. The molecule has 0 atom stereocenters. The highest BCUT2D eigenvalue weighted by Crippen LogP contribution is 2.20. The Morgan fingerprint density at radius 2 is 1.16 bits per heavy atom. The highest BCUT2D eigenvalue weighted by atomic mass is 16.5. The third kappa shape index (κ3) is 14.0. The lowest BCUT2D eigenvalue weighted by molar-refractivity contribution is -0.151. The highest BCUT2D eigenvalue weighted by Gasteiger charge is 2.28. The van der Waals surface area contributed by atoms with Crippen LogP contribution in [0.3, 0.4) is 0 Å². The van der Waals surface area contributed by atoms with E-state index >= 15 is 0 Å². The van der Waals surface area contributed by atoms with E-state index in [4.69, 9.17) is 4.74 Å². The van der Waals surface area contributed by atoms with Crippen LogP contribution in [0.4, 0.5) is 0 Å². The van der Waals surface area contributed by atoms with Crippen LogP contribution in [0.2, 0.25) is 0 Å². The predicted molar refractivity (Wildman–Crippen MR) is 135 cm³/mol. The molecule has 1 fully saturated rings. The van der Waals surface area contributed by atoms with Gasteiger partial charge in [0.25, 0.3) is 0 Å². The first kappa shape index (κ1) is 28.7. The summed E-state index contributed by atoms with van der Waals surface area (Å²) in [5.41, 5.74) is 0.564. The van der Waals surface area contributed by atoms with Crippen molar-refractivity contribution in [1.82, 2.24) is 4.90 Å². The van der Waals surface area contributed by atoms with Crippen molar-refractivity contribution in [1.29, 1.82) is 0 Å². The molecule has 0 spiro atoms. The van der Waals surface area contributed by atoms with E-state index in [9.17, 15) is 9.59 Å². The molecule has 1 aliphatic rings. The van der Waals surface area contributed by atoms with Gasteiger partial charge in [-0.15, -0.1) is 0 Å². The summed E-state index contributed by atoms with van der Waals surface area (Å²) < 4.78 is 5.48. The largest absolute Gasteiger partial charge is 0.465 e. The van der Waals surface area contributed by atoms with Gasteiger partial charge in [0.1, 0.15) is 0 Å². The molecular formula is C28H51NO3. The number of amides is 1. The average molecular weight is 450 g/mol. The molecule has 0 unspecified atom stereocenters. The van der Waals surface area contributed by atoms with Crippen molar-refractivity contribution in [2.75, 3.05) is 19.7 Å². The molecule has 1 aliphatic heterocycles. The molecule has 4 heteroatoms. The maximum absolute atomic E-state index is 12.2. The summed E-state index contributed by atoms with van der Waals surface area (Å²) in [4.78, 5) is 25.9. The Kier molecular flexibility index (Phi) is 17.2. The number of carbonyl (C=O) groups excluding carboxylic acids is 2. The molecule has 0 saturated carbocycles. The van der Waals surface area contributed by atoms with Crippen LogP contribution < -0.4 is 0 Å². The number of rotatable bonds is 19. The zero-order valence-corrected chi connectivity index (χ0v) is 21.3. The number of carbonyl (C=O) groups is 2. The molecule has 1 saturated heterocycles. The molecule has 0 bridgehead atoms. The Labute approximate surface area is 198 Å². The van der Waals surface area contributed by atoms with Crippen LogP contribution in [-0.2, 0) is 14.3 Å². The van der Waals surface area contributed by atoms with Gasteiger partial charge in [0.05, 0.1) is 12.5 Å². The number of esters is 1. The van der Waals surface area contributed by atoms with Crippen LogP contribution in [0.1, 0.15) is 129 Å². The van der Waals surface area contributed by atoms with Crippen molar-refractivity contribution in [3.8, 4) is 0 Å². The minimum Gasteiger partial charge on any atom is -0.465 e. The fourth-order valence-electron chi connectivity index (χ4n) is 4.53. The standard InChI is InChI=1S/C28H51NO3/c1-4-5-6-7-8-9-10-11-12-13-14-15-16-17-18-19-24-32-28(31)26-20-22-29(23-21-26)27(30)25(2)3/h26H,2,4-24H2,1,3H3. The van der Waals surface area contributed by atoms with Gasteiger partial charge in [0, 0.05) is 18.7 Å². The second-order valence-electron chi connectivity index (χ2n) is 9.82. The molecule has 186 valence electrons. The molecule has 32 heavy (non-hydrogen) atoms. The van der Waals surface area contributed by atoms with E-state index in [2.05, 4.69) is 13.5 Å². The number of hydrogen-bond acceptors (Lipinski definition) is 3. The molecule has 1 amide bonds. The first-order valence-corrected chi connectivity index (χ1v) is 13.7. The first-order chi connectivity index (χ1) is 15.6. The summed E-state index contributed by atoms with van der Waals surface area (Å²) in [5, 5.41) is 0. The number of hydrogen-bond donors (Lipinski definition) is 0. The van der Waals surface area contributed by atoms with Gasteiger partial charge < -0.3 is 9.64 Å². The number of unbranched alkanes of at least 4 members (excludes halogenated alkanes) is 15. The Balaban J connectivity index is 1.84. The zero-order valence-electron chi connectivity index (χ0n) is 21.3. The summed E-state index contributed by atoms with van der Waals surface area (Å²) in [7, 11) is 0. The predicted octanol–water partition coefficient (Wildman–Crippen LogP) is 7.61. The molecule has 0 N–H and O–H groups in total. The summed E-state index contributed by atoms with van der Waals surface area (Å²) in [6.45, 7) is 9.53. The van der Waals surface area contributed by atoms with Crippen molar-refractivity contribution >= 4 is 11.9 Å². The van der Waals surface area contributed by atoms with Gasteiger partial charge in [0.15, 0.2) is 0 Å². The van der Waals surface area contributed by atoms with E-state index in [0.29, 0.717) is 38.1 Å². The molecule has 4 nitrogen and oxygen atoms in total. The minimum absolute atomic E-state index is 0.00461. The van der Waals surface area contributed by atoms with Gasteiger partial charge in [0.2, 0.25) is 5.91 Å². The van der Waals surface area contributed by atoms with Crippen molar-refractivity contribution in [2.45, 2.75) is 129 Å². The van der Waals surface area contributed by atoms with Crippen LogP contribution in [0.15, 0.2) is 12.2 Å². The fraction of sp³-hybridized carbons (Fsp3) is 0.857. The minimum atomic E-state index is -0.0756. The SMILES string of the molecule is C=C(C)C(=O)N1CCC(C(=O)OCCCCCCCCCCCCCCCCCC)CC1. The van der Waals surface area contributed by atoms with Crippen molar-refractivity contribution in [3.63, 3.8) is 0 Å². The highest BCUT2D eigenvalue weighted by molar-refractivity contribution is 5.92. The summed E-state index contributed by atoms with van der Waals surface area (Å²) in [5.74, 6) is -0.122. The topological polar surface area (TPSA) is 46.6 Å². The average Bonchev–Trinajstić information content (AvgIpc) is 2.80. The van der Waals surface area contributed by atoms with Crippen LogP contribution >= 0.6 is 0 Å². The quantitative estimate of drug-likeness (QED) is 0.116. The maximum atomic E-state index is 12.2. The summed E-state index contributed by atoms with van der Waals surface area (Å²) >= 11 is 0. The molecule has 1 rings (SSSR count). The first-order valence-electron chi connectivity index (χ1n) is 13.7. The number of likely N-dealkylation sites (tertiary alicyclic amines) is 1. The number of ether oxygens (including phenoxy) is 1. The van der Waals surface area contributed by atoms with Crippen molar-refractivity contribution in [2.24, 2.45) is 5.92 Å². The van der Waals surface area contributed by atoms with E-state index < -0.39 is 0 Å². The lowest BCUT2D eigenvalue weighted by atomic mass is 9.96. The van der Waals surface area contributed by atoms with E-state index in [1.165, 1.54) is 89.9 Å². The lowest BCUT2D eigenvalue weighted by Crippen LogP contribution is -2.40. The van der Waals surface area contributed by atoms with Crippen LogP contribution in [0, 0.1) is 5.92 Å². The Hall–Kier alpha value is -1.32. The van der Waals surface area contributed by atoms with Crippen molar-refractivity contribution < 1.29 is 14.3 Å². The third-order valence-corrected chi connectivity index (χ3v) is 6.72. The number of piperidine rings is 1. The normalized spacial score (nSPS) is 14.5. The van der Waals surface area contributed by atoms with Gasteiger partial charge in [-0.2, -0.15) is 0 Å².